The first-order chi connectivity index (χ1) is 9.72. The van der Waals surface area contributed by atoms with Crippen LogP contribution in [0.3, 0.4) is 0 Å². The van der Waals surface area contributed by atoms with Gasteiger partial charge in [0.25, 0.3) is 0 Å². The van der Waals surface area contributed by atoms with Crippen molar-refractivity contribution in [3.63, 3.8) is 0 Å². The molecule has 1 rings (SSSR count). The first kappa shape index (κ1) is 18.6. The fourth-order valence-electron chi connectivity index (χ4n) is 1.88. The highest BCUT2D eigenvalue weighted by Gasteiger charge is 2.25. The molecular formula is C14H22BrNO4S. The summed E-state index contributed by atoms with van der Waals surface area (Å²) in [7, 11) is -2.14. The summed E-state index contributed by atoms with van der Waals surface area (Å²) in [6.45, 7) is 5.67. The number of hydrogen-bond donors (Lipinski definition) is 2. The Balaban J connectivity index is 3.21. The molecule has 0 saturated heterocycles. The zero-order valence-electron chi connectivity index (χ0n) is 12.7. The number of nitrogens with one attached hydrogen (secondary N) is 1. The van der Waals surface area contributed by atoms with Gasteiger partial charge in [-0.1, -0.05) is 29.8 Å². The van der Waals surface area contributed by atoms with Gasteiger partial charge in [-0.2, -0.15) is 0 Å². The average molecular weight is 380 g/mol. The van der Waals surface area contributed by atoms with E-state index in [9.17, 15) is 13.5 Å². The van der Waals surface area contributed by atoms with Gasteiger partial charge < -0.3 is 9.84 Å². The van der Waals surface area contributed by atoms with Gasteiger partial charge in [0, 0.05) is 17.6 Å². The van der Waals surface area contributed by atoms with Crippen molar-refractivity contribution in [1.29, 1.82) is 0 Å². The van der Waals surface area contributed by atoms with Gasteiger partial charge >= 0.3 is 0 Å². The van der Waals surface area contributed by atoms with E-state index < -0.39 is 10.0 Å². The Hall–Kier alpha value is -0.470. The Morgan fingerprint density at radius 2 is 2.00 bits per heavy atom. The summed E-state index contributed by atoms with van der Waals surface area (Å²) in [4.78, 5) is 0.169. The van der Waals surface area contributed by atoms with Crippen LogP contribution in [0.1, 0.15) is 25.0 Å². The first-order valence-corrected chi connectivity index (χ1v) is 8.91. The number of ether oxygens (including phenoxy) is 1. The van der Waals surface area contributed by atoms with Crippen LogP contribution in [-0.4, -0.2) is 33.3 Å². The number of sulfonamides is 1. The summed E-state index contributed by atoms with van der Waals surface area (Å²) in [6.07, 6.45) is 0. The smallest absolute Gasteiger partial charge is 0.241 e. The summed E-state index contributed by atoms with van der Waals surface area (Å²) >= 11 is 3.33. The molecule has 21 heavy (non-hydrogen) atoms. The zero-order valence-corrected chi connectivity index (χ0v) is 15.1. The summed E-state index contributed by atoms with van der Waals surface area (Å²) in [6, 6.07) is 2.90. The van der Waals surface area contributed by atoms with E-state index in [1.54, 1.807) is 13.0 Å². The molecule has 0 bridgehead atoms. The second-order valence-electron chi connectivity index (χ2n) is 5.29. The molecule has 0 fully saturated rings. The Morgan fingerprint density at radius 3 is 2.48 bits per heavy atom. The summed E-state index contributed by atoms with van der Waals surface area (Å²) in [5, 5.41) is 9.24. The molecule has 0 aliphatic carbocycles. The lowest BCUT2D eigenvalue weighted by Gasteiger charge is -2.22. The largest absolute Gasteiger partial charge is 0.392 e. The molecule has 2 N–H and O–H groups in total. The van der Waals surface area contributed by atoms with Crippen LogP contribution in [0.15, 0.2) is 21.5 Å². The Bertz CT molecular complexity index is 587. The van der Waals surface area contributed by atoms with E-state index in [-0.39, 0.29) is 23.5 Å². The standard InChI is InChI=1S/C14H22BrNO4S/c1-9(2)13(8-20-4)16-21(18,19)14-6-11(7-17)5-12(15)10(14)3/h5-6,9,13,16-17H,7-8H2,1-4H3. The molecule has 0 aliphatic rings. The lowest BCUT2D eigenvalue weighted by atomic mass is 10.1. The van der Waals surface area contributed by atoms with Gasteiger partial charge in [-0.25, -0.2) is 13.1 Å². The minimum atomic E-state index is -3.68. The molecule has 0 heterocycles. The molecule has 5 nitrogen and oxygen atoms in total. The van der Waals surface area contributed by atoms with Gasteiger partial charge in [-0.3, -0.25) is 0 Å². The highest BCUT2D eigenvalue weighted by atomic mass is 79.9. The highest BCUT2D eigenvalue weighted by Crippen LogP contribution is 2.26. The van der Waals surface area contributed by atoms with Gasteiger partial charge in [0.15, 0.2) is 0 Å². The van der Waals surface area contributed by atoms with Crippen molar-refractivity contribution in [2.75, 3.05) is 13.7 Å². The molecule has 0 amide bonds. The number of benzene rings is 1. The Labute approximate surface area is 134 Å². The molecule has 0 spiro atoms. The van der Waals surface area contributed by atoms with Gasteiger partial charge in [-0.15, -0.1) is 0 Å². The maximum absolute atomic E-state index is 12.6. The lowest BCUT2D eigenvalue weighted by molar-refractivity contribution is 0.157. The number of aliphatic hydroxyl groups excluding tert-OH is 1. The Kier molecular flexibility index (Phi) is 6.80. The molecule has 7 heteroatoms. The van der Waals surface area contributed by atoms with E-state index in [2.05, 4.69) is 20.7 Å². The van der Waals surface area contributed by atoms with Crippen LogP contribution in [0.25, 0.3) is 0 Å². The lowest BCUT2D eigenvalue weighted by Crippen LogP contribution is -2.41. The molecule has 1 aromatic rings. The van der Waals surface area contributed by atoms with Gasteiger partial charge in [0.05, 0.1) is 18.1 Å². The van der Waals surface area contributed by atoms with Crippen molar-refractivity contribution in [3.8, 4) is 0 Å². The van der Waals surface area contributed by atoms with E-state index in [0.717, 1.165) is 0 Å². The Morgan fingerprint density at radius 1 is 1.38 bits per heavy atom. The van der Waals surface area contributed by atoms with Crippen LogP contribution in [0.5, 0.6) is 0 Å². The molecular weight excluding hydrogens is 358 g/mol. The minimum absolute atomic E-state index is 0.101. The molecule has 0 aromatic heterocycles. The molecule has 0 saturated carbocycles. The van der Waals surface area contributed by atoms with Gasteiger partial charge in [0.1, 0.15) is 0 Å². The molecule has 0 radical (unpaired) electrons. The van der Waals surface area contributed by atoms with Crippen molar-refractivity contribution in [2.45, 2.75) is 38.3 Å². The third-order valence-electron chi connectivity index (χ3n) is 3.29. The quantitative estimate of drug-likeness (QED) is 0.761. The second-order valence-corrected chi connectivity index (χ2v) is 7.82. The van der Waals surface area contributed by atoms with Gasteiger partial charge in [-0.05, 0) is 36.1 Å². The maximum Gasteiger partial charge on any atom is 0.241 e. The third kappa shape index (κ3) is 4.75. The minimum Gasteiger partial charge on any atom is -0.392 e. The summed E-state index contributed by atoms with van der Waals surface area (Å²) in [5.41, 5.74) is 1.15. The van der Waals surface area contributed by atoms with Crippen molar-refractivity contribution in [2.24, 2.45) is 5.92 Å². The molecule has 1 atom stereocenters. The van der Waals surface area contributed by atoms with Crippen LogP contribution in [0.4, 0.5) is 0 Å². The van der Waals surface area contributed by atoms with E-state index in [1.807, 2.05) is 13.8 Å². The first-order valence-electron chi connectivity index (χ1n) is 6.64. The number of aliphatic hydroxyl groups is 1. The highest BCUT2D eigenvalue weighted by molar-refractivity contribution is 9.10. The SMILES string of the molecule is COCC(NS(=O)(=O)c1cc(CO)cc(Br)c1C)C(C)C. The van der Waals surface area contributed by atoms with E-state index in [0.29, 0.717) is 22.2 Å². The zero-order chi connectivity index (χ0) is 16.2. The average Bonchev–Trinajstić information content (AvgIpc) is 2.40. The molecule has 1 aromatic carbocycles. The number of rotatable bonds is 7. The molecule has 0 aliphatic heterocycles. The fraction of sp³-hybridized carbons (Fsp3) is 0.571. The second kappa shape index (κ2) is 7.69. The van der Waals surface area contributed by atoms with Crippen LogP contribution in [0, 0.1) is 12.8 Å². The predicted molar refractivity (Wildman–Crippen MR) is 85.6 cm³/mol. The number of halogens is 1. The normalized spacial score (nSPS) is 13.7. The molecule has 120 valence electrons. The van der Waals surface area contributed by atoms with Crippen LogP contribution < -0.4 is 4.72 Å². The van der Waals surface area contributed by atoms with Crippen molar-refractivity contribution in [1.82, 2.24) is 4.72 Å². The van der Waals surface area contributed by atoms with E-state index in [4.69, 9.17) is 4.74 Å². The maximum atomic E-state index is 12.6. The van der Waals surface area contributed by atoms with Crippen LogP contribution in [0.2, 0.25) is 0 Å². The monoisotopic (exact) mass is 379 g/mol. The summed E-state index contributed by atoms with van der Waals surface area (Å²) in [5.74, 6) is 0.101. The third-order valence-corrected chi connectivity index (χ3v) is 5.73. The van der Waals surface area contributed by atoms with E-state index in [1.165, 1.54) is 13.2 Å². The van der Waals surface area contributed by atoms with Gasteiger partial charge in [0.2, 0.25) is 10.0 Å². The number of methoxy groups -OCH3 is 1. The van der Waals surface area contributed by atoms with Crippen molar-refractivity contribution < 1.29 is 18.3 Å². The van der Waals surface area contributed by atoms with Crippen molar-refractivity contribution in [3.05, 3.63) is 27.7 Å². The van der Waals surface area contributed by atoms with Crippen LogP contribution in [-0.2, 0) is 21.4 Å². The van der Waals surface area contributed by atoms with Crippen molar-refractivity contribution >= 4 is 26.0 Å². The fourth-order valence-corrected chi connectivity index (χ4v) is 4.21. The number of hydrogen-bond acceptors (Lipinski definition) is 4. The van der Waals surface area contributed by atoms with E-state index >= 15 is 0 Å². The predicted octanol–water partition coefficient (Wildman–Crippen LogP) is 2.20. The summed E-state index contributed by atoms with van der Waals surface area (Å²) < 4.78 is 33.6. The topological polar surface area (TPSA) is 75.6 Å². The molecule has 1 unspecified atom stereocenters. The van der Waals surface area contributed by atoms with Crippen LogP contribution >= 0.6 is 15.9 Å².